The smallest absolute Gasteiger partial charge is 0.135 e. The fourth-order valence-corrected chi connectivity index (χ4v) is 2.02. The molecule has 1 N–H and O–H groups in total. The molecule has 0 fully saturated rings. The van der Waals surface area contributed by atoms with Crippen LogP contribution in [0.25, 0.3) is 0 Å². The molecule has 1 heterocycles. The van der Waals surface area contributed by atoms with Crippen LogP contribution in [0.2, 0.25) is 0 Å². The second-order valence-electron chi connectivity index (χ2n) is 4.25. The molecule has 1 aromatic rings. The third-order valence-electron chi connectivity index (χ3n) is 2.51. The van der Waals surface area contributed by atoms with Crippen LogP contribution in [-0.2, 0) is 25.6 Å². The number of nitrogens with one attached hydrogen (secondary N) is 1. The van der Waals surface area contributed by atoms with Crippen molar-refractivity contribution in [2.75, 3.05) is 58.6 Å². The van der Waals surface area contributed by atoms with Crippen molar-refractivity contribution in [2.24, 2.45) is 0 Å². The van der Waals surface area contributed by atoms with Crippen LogP contribution in [0.3, 0.4) is 0 Å². The maximum atomic E-state index is 5.52. The van der Waals surface area contributed by atoms with Gasteiger partial charge in [0.25, 0.3) is 0 Å². The second kappa shape index (κ2) is 12.9. The van der Waals surface area contributed by atoms with Gasteiger partial charge in [-0.25, -0.2) is 0 Å². The van der Waals surface area contributed by atoms with Gasteiger partial charge in [0, 0.05) is 25.2 Å². The number of ether oxygens (including phenoxy) is 4. The van der Waals surface area contributed by atoms with Crippen LogP contribution < -0.4 is 5.32 Å². The van der Waals surface area contributed by atoms with Gasteiger partial charge in [0.15, 0.2) is 0 Å². The summed E-state index contributed by atoms with van der Waals surface area (Å²) in [5, 5.41) is 8.33. The van der Waals surface area contributed by atoms with Crippen molar-refractivity contribution in [3.8, 4) is 0 Å². The zero-order chi connectivity index (χ0) is 15.2. The van der Waals surface area contributed by atoms with E-state index in [-0.39, 0.29) is 0 Å². The molecule has 1 rings (SSSR count). The molecule has 0 amide bonds. The average molecular weight is 319 g/mol. The molecule has 1 aromatic heterocycles. The Hall–Kier alpha value is -0.800. The Kier molecular flexibility index (Phi) is 11.2. The van der Waals surface area contributed by atoms with Crippen LogP contribution in [0.4, 0.5) is 5.00 Å². The first kappa shape index (κ1) is 18.2. The summed E-state index contributed by atoms with van der Waals surface area (Å²) in [6.07, 6.45) is 1.07. The Balaban J connectivity index is 1.95. The highest BCUT2D eigenvalue weighted by Crippen LogP contribution is 2.18. The monoisotopic (exact) mass is 319 g/mol. The molecule has 0 unspecified atom stereocenters. The molecule has 0 saturated carbocycles. The lowest BCUT2D eigenvalue weighted by Crippen LogP contribution is -2.11. The van der Waals surface area contributed by atoms with Crippen molar-refractivity contribution in [3.05, 3.63) is 5.69 Å². The average Bonchev–Trinajstić information content (AvgIpc) is 2.94. The first-order chi connectivity index (χ1) is 10.4. The SMILES string of the molecule is CCCNc1snnc1COCCOCCOCCOC. The maximum Gasteiger partial charge on any atom is 0.135 e. The summed E-state index contributed by atoms with van der Waals surface area (Å²) >= 11 is 1.36. The lowest BCUT2D eigenvalue weighted by Gasteiger charge is -2.07. The normalized spacial score (nSPS) is 11.0. The highest BCUT2D eigenvalue weighted by atomic mass is 32.1. The van der Waals surface area contributed by atoms with E-state index < -0.39 is 0 Å². The number of nitrogens with zero attached hydrogens (tertiary/aromatic N) is 2. The number of hydrogen-bond donors (Lipinski definition) is 1. The summed E-state index contributed by atoms with van der Waals surface area (Å²) in [4.78, 5) is 0. The van der Waals surface area contributed by atoms with Gasteiger partial charge in [-0.15, -0.1) is 5.10 Å². The lowest BCUT2D eigenvalue weighted by atomic mass is 10.4. The van der Waals surface area contributed by atoms with Crippen LogP contribution in [0.5, 0.6) is 0 Å². The summed E-state index contributed by atoms with van der Waals surface area (Å²) in [6.45, 7) is 6.91. The van der Waals surface area contributed by atoms with Gasteiger partial charge < -0.3 is 24.3 Å². The predicted molar refractivity (Wildman–Crippen MR) is 81.9 cm³/mol. The molecule has 0 aliphatic carbocycles. The summed E-state index contributed by atoms with van der Waals surface area (Å²) in [5.74, 6) is 0. The number of anilines is 1. The van der Waals surface area contributed by atoms with Crippen molar-refractivity contribution >= 4 is 16.5 Å². The summed E-state index contributed by atoms with van der Waals surface area (Å²) in [6, 6.07) is 0. The Labute approximate surface area is 130 Å². The molecule has 7 nitrogen and oxygen atoms in total. The number of aromatic nitrogens is 2. The van der Waals surface area contributed by atoms with Gasteiger partial charge in [0.1, 0.15) is 10.7 Å². The highest BCUT2D eigenvalue weighted by Gasteiger charge is 2.06. The standard InChI is InChI=1S/C13H25N3O4S/c1-3-4-14-13-12(15-16-21-13)11-20-10-9-19-8-7-18-6-5-17-2/h14H,3-11H2,1-2H3. The molecule has 8 heteroatoms. The molecule has 0 spiro atoms. The van der Waals surface area contributed by atoms with Crippen molar-refractivity contribution < 1.29 is 18.9 Å². The van der Waals surface area contributed by atoms with E-state index in [9.17, 15) is 0 Å². The zero-order valence-electron chi connectivity index (χ0n) is 12.8. The quantitative estimate of drug-likeness (QED) is 0.521. The molecular formula is C13H25N3O4S. The van der Waals surface area contributed by atoms with Crippen molar-refractivity contribution in [3.63, 3.8) is 0 Å². The number of methoxy groups -OCH3 is 1. The van der Waals surface area contributed by atoms with E-state index in [1.807, 2.05) is 0 Å². The molecule has 0 aromatic carbocycles. The molecule has 0 bridgehead atoms. The Morgan fingerprint density at radius 1 is 1.00 bits per heavy atom. The van der Waals surface area contributed by atoms with E-state index in [4.69, 9.17) is 18.9 Å². The Morgan fingerprint density at radius 3 is 2.33 bits per heavy atom. The number of rotatable bonds is 14. The Bertz CT molecular complexity index is 352. The zero-order valence-corrected chi connectivity index (χ0v) is 13.6. The molecule has 0 atom stereocenters. The maximum absolute atomic E-state index is 5.52. The molecule has 21 heavy (non-hydrogen) atoms. The van der Waals surface area contributed by atoms with Gasteiger partial charge >= 0.3 is 0 Å². The van der Waals surface area contributed by atoms with E-state index in [0.29, 0.717) is 46.2 Å². The fourth-order valence-electron chi connectivity index (χ4n) is 1.43. The minimum absolute atomic E-state index is 0.455. The third kappa shape index (κ3) is 8.94. The van der Waals surface area contributed by atoms with Gasteiger partial charge in [-0.3, -0.25) is 0 Å². The predicted octanol–water partition coefficient (Wildman–Crippen LogP) is 1.56. The van der Waals surface area contributed by atoms with Gasteiger partial charge in [-0.1, -0.05) is 11.4 Å². The van der Waals surface area contributed by atoms with Crippen LogP contribution in [-0.4, -0.2) is 62.9 Å². The van der Waals surface area contributed by atoms with Gasteiger partial charge in [-0.05, 0) is 6.42 Å². The topological polar surface area (TPSA) is 74.7 Å². The molecule has 0 aliphatic heterocycles. The molecule has 0 aliphatic rings. The summed E-state index contributed by atoms with van der Waals surface area (Å²) < 4.78 is 25.0. The number of hydrogen-bond acceptors (Lipinski definition) is 8. The molecular weight excluding hydrogens is 294 g/mol. The van der Waals surface area contributed by atoms with E-state index in [0.717, 1.165) is 23.7 Å². The summed E-state index contributed by atoms with van der Waals surface area (Å²) in [5.41, 5.74) is 0.858. The fraction of sp³-hybridized carbons (Fsp3) is 0.846. The van der Waals surface area contributed by atoms with E-state index in [2.05, 4.69) is 21.8 Å². The van der Waals surface area contributed by atoms with Crippen molar-refractivity contribution in [1.82, 2.24) is 9.59 Å². The minimum Gasteiger partial charge on any atom is -0.382 e. The largest absolute Gasteiger partial charge is 0.382 e. The van der Waals surface area contributed by atoms with Gasteiger partial charge in [-0.2, -0.15) is 0 Å². The third-order valence-corrected chi connectivity index (χ3v) is 3.23. The first-order valence-corrected chi connectivity index (χ1v) is 7.93. The second-order valence-corrected chi connectivity index (χ2v) is 5.00. The van der Waals surface area contributed by atoms with Crippen LogP contribution in [0, 0.1) is 0 Å². The van der Waals surface area contributed by atoms with Gasteiger partial charge in [0.05, 0.1) is 46.2 Å². The molecule has 122 valence electrons. The lowest BCUT2D eigenvalue weighted by molar-refractivity contribution is 0.000529. The van der Waals surface area contributed by atoms with Crippen LogP contribution in [0.1, 0.15) is 19.0 Å². The molecule has 0 radical (unpaired) electrons. The van der Waals surface area contributed by atoms with E-state index >= 15 is 0 Å². The molecule has 0 saturated heterocycles. The first-order valence-electron chi connectivity index (χ1n) is 7.15. The summed E-state index contributed by atoms with van der Waals surface area (Å²) in [7, 11) is 1.65. The van der Waals surface area contributed by atoms with E-state index in [1.54, 1.807) is 7.11 Å². The van der Waals surface area contributed by atoms with Crippen molar-refractivity contribution in [1.29, 1.82) is 0 Å². The van der Waals surface area contributed by atoms with Crippen molar-refractivity contribution in [2.45, 2.75) is 20.0 Å². The Morgan fingerprint density at radius 2 is 1.67 bits per heavy atom. The van der Waals surface area contributed by atoms with Crippen LogP contribution >= 0.6 is 11.5 Å². The van der Waals surface area contributed by atoms with Gasteiger partial charge in [0.2, 0.25) is 0 Å². The minimum atomic E-state index is 0.455. The van der Waals surface area contributed by atoms with E-state index in [1.165, 1.54) is 11.5 Å². The van der Waals surface area contributed by atoms with Crippen LogP contribution in [0.15, 0.2) is 0 Å². The highest BCUT2D eigenvalue weighted by molar-refractivity contribution is 7.10.